The summed E-state index contributed by atoms with van der Waals surface area (Å²) in [5.74, 6) is 0.0133. The quantitative estimate of drug-likeness (QED) is 0.156. The van der Waals surface area contributed by atoms with Gasteiger partial charge in [-0.25, -0.2) is 9.97 Å². The summed E-state index contributed by atoms with van der Waals surface area (Å²) >= 11 is 0. The van der Waals surface area contributed by atoms with Gasteiger partial charge in [0.05, 0.1) is 5.92 Å². The molecule has 1 atom stereocenters. The number of hydrogen-bond acceptors (Lipinski definition) is 5. The second kappa shape index (κ2) is 15.6. The third-order valence-corrected chi connectivity index (χ3v) is 11.4. The van der Waals surface area contributed by atoms with Crippen LogP contribution in [0.25, 0.3) is 22.5 Å². The van der Waals surface area contributed by atoms with Gasteiger partial charge >= 0.3 is 5.97 Å². The Labute approximate surface area is 301 Å². The zero-order chi connectivity index (χ0) is 36.1. The number of aromatic nitrogens is 2. The number of likely N-dealkylation sites (tertiary alicyclic amines) is 1. The molecule has 8 nitrogen and oxygen atoms in total. The molecule has 0 unspecified atom stereocenters. The molecular weight excluding hydrogens is 636 g/mol. The highest BCUT2D eigenvalue weighted by atomic mass is 16.4. The third kappa shape index (κ3) is 8.38. The van der Waals surface area contributed by atoms with Gasteiger partial charge in [0.15, 0.2) is 5.82 Å². The van der Waals surface area contributed by atoms with Crippen LogP contribution >= 0.6 is 0 Å². The van der Waals surface area contributed by atoms with Crippen molar-refractivity contribution >= 4 is 17.8 Å². The average Bonchev–Trinajstić information content (AvgIpc) is 3.14. The zero-order valence-corrected chi connectivity index (χ0v) is 30.3. The normalized spacial score (nSPS) is 18.5. The number of benzene rings is 3. The molecule has 8 heteroatoms. The van der Waals surface area contributed by atoms with Crippen molar-refractivity contribution in [2.75, 3.05) is 13.1 Å². The van der Waals surface area contributed by atoms with Crippen molar-refractivity contribution in [3.63, 3.8) is 0 Å². The van der Waals surface area contributed by atoms with Crippen molar-refractivity contribution in [2.45, 2.75) is 90.0 Å². The molecule has 1 saturated heterocycles. The zero-order valence-electron chi connectivity index (χ0n) is 30.3. The maximum Gasteiger partial charge on any atom is 0.310 e. The molecule has 2 amide bonds. The van der Waals surface area contributed by atoms with Gasteiger partial charge in [-0.3, -0.25) is 14.4 Å². The van der Waals surface area contributed by atoms with Gasteiger partial charge in [0, 0.05) is 48.6 Å². The molecule has 1 saturated carbocycles. The van der Waals surface area contributed by atoms with E-state index in [1.807, 2.05) is 48.8 Å². The molecule has 0 spiro atoms. The summed E-state index contributed by atoms with van der Waals surface area (Å²) in [6.45, 7) is 9.04. The van der Waals surface area contributed by atoms with Gasteiger partial charge < -0.3 is 15.3 Å². The molecule has 1 aliphatic carbocycles. The fraction of sp³-hybridized carbons (Fsp3) is 0.419. The minimum Gasteiger partial charge on any atom is -0.481 e. The molecule has 2 aliphatic rings. The van der Waals surface area contributed by atoms with Crippen molar-refractivity contribution < 1.29 is 19.5 Å². The first-order chi connectivity index (χ1) is 24.5. The Bertz CT molecular complexity index is 1800. The van der Waals surface area contributed by atoms with E-state index in [9.17, 15) is 19.5 Å². The van der Waals surface area contributed by atoms with Crippen LogP contribution in [0, 0.1) is 11.8 Å². The van der Waals surface area contributed by atoms with Crippen LogP contribution in [0.2, 0.25) is 0 Å². The van der Waals surface area contributed by atoms with Crippen LogP contribution in [0.5, 0.6) is 0 Å². The van der Waals surface area contributed by atoms with Crippen LogP contribution in [-0.4, -0.2) is 56.9 Å². The second-order valence-corrected chi connectivity index (χ2v) is 15.1. The van der Waals surface area contributed by atoms with E-state index in [4.69, 9.17) is 0 Å². The Morgan fingerprint density at radius 1 is 0.824 bits per heavy atom. The Morgan fingerprint density at radius 2 is 1.43 bits per heavy atom. The fourth-order valence-electron chi connectivity index (χ4n) is 7.26. The minimum absolute atomic E-state index is 0.00988. The number of carbonyl (C=O) groups excluding carboxylic acids is 2. The standard InChI is InChI=1S/C43H50N4O4/c1-5-28-7-11-30(12-8-28)31-15-17-32(18-16-31)35-24-44-39(45-25-35)33-13-9-29(10-14-33)23-38(41(49)47-26-36(27-47)42(50)51)46-40(48)34-19-21-37(22-20-34)43(3,4)6-2/h9-10,13-22,24-25,28,30,36,38H,5-8,11-12,23,26-27H2,1-4H3,(H,46,48)(H,50,51)/t28-,30-,38-/m0/s1. The largest absolute Gasteiger partial charge is 0.481 e. The monoisotopic (exact) mass is 686 g/mol. The number of amides is 2. The Morgan fingerprint density at radius 3 is 2.00 bits per heavy atom. The topological polar surface area (TPSA) is 112 Å². The van der Waals surface area contributed by atoms with Crippen molar-refractivity contribution in [1.29, 1.82) is 0 Å². The smallest absolute Gasteiger partial charge is 0.310 e. The molecule has 2 fully saturated rings. The van der Waals surface area contributed by atoms with Crippen molar-refractivity contribution in [3.8, 4) is 22.5 Å². The number of hydrogen-bond donors (Lipinski definition) is 2. The maximum atomic E-state index is 13.5. The van der Waals surface area contributed by atoms with Crippen molar-refractivity contribution in [1.82, 2.24) is 20.2 Å². The number of carboxylic acids is 1. The molecule has 0 bridgehead atoms. The molecule has 2 heterocycles. The molecule has 3 aromatic carbocycles. The number of aliphatic carboxylic acids is 1. The fourth-order valence-corrected chi connectivity index (χ4v) is 7.26. The first kappa shape index (κ1) is 36.0. The average molecular weight is 687 g/mol. The van der Waals surface area contributed by atoms with Crippen molar-refractivity contribution in [3.05, 3.63) is 107 Å². The number of nitrogens with zero attached hydrogens (tertiary/aromatic N) is 3. The summed E-state index contributed by atoms with van der Waals surface area (Å²) in [4.78, 5) is 49.1. The number of carboxylic acid groups (broad SMARTS) is 1. The SMILES string of the molecule is CCC(C)(C)c1ccc(C(=O)N[C@@H](Cc2ccc(-c3ncc(-c4ccc([C@H]5CC[C@H](CC)CC5)cc4)cn3)cc2)C(=O)N2CC(C(=O)O)C2)cc1. The maximum absolute atomic E-state index is 13.5. The second-order valence-electron chi connectivity index (χ2n) is 15.1. The number of nitrogens with one attached hydrogen (secondary N) is 1. The van der Waals surface area contributed by atoms with Gasteiger partial charge in [-0.2, -0.15) is 0 Å². The van der Waals surface area contributed by atoms with Crippen molar-refractivity contribution in [2.24, 2.45) is 11.8 Å². The van der Waals surface area contributed by atoms with Gasteiger partial charge in [0.2, 0.25) is 5.91 Å². The van der Waals surface area contributed by atoms with E-state index in [-0.39, 0.29) is 36.7 Å². The highest BCUT2D eigenvalue weighted by Gasteiger charge is 2.39. The van der Waals surface area contributed by atoms with E-state index in [0.29, 0.717) is 17.3 Å². The third-order valence-electron chi connectivity index (χ3n) is 11.4. The molecule has 266 valence electrons. The molecule has 4 aromatic rings. The molecule has 0 radical (unpaired) electrons. The summed E-state index contributed by atoms with van der Waals surface area (Å²) < 4.78 is 0. The summed E-state index contributed by atoms with van der Waals surface area (Å²) in [5.41, 5.74) is 6.79. The van der Waals surface area contributed by atoms with Crippen LogP contribution in [0.3, 0.4) is 0 Å². The minimum atomic E-state index is -0.918. The Kier molecular flexibility index (Phi) is 11.0. The number of carbonyl (C=O) groups is 3. The molecule has 1 aromatic heterocycles. The van der Waals surface area contributed by atoms with E-state index in [2.05, 4.69) is 67.2 Å². The summed E-state index contributed by atoms with van der Waals surface area (Å²) in [5, 5.41) is 12.3. The Balaban J connectivity index is 1.11. The summed E-state index contributed by atoms with van der Waals surface area (Å²) in [6, 6.07) is 23.2. The predicted molar refractivity (Wildman–Crippen MR) is 200 cm³/mol. The first-order valence-electron chi connectivity index (χ1n) is 18.5. The molecule has 51 heavy (non-hydrogen) atoms. The van der Waals surface area contributed by atoms with Crippen LogP contribution in [0.4, 0.5) is 0 Å². The summed E-state index contributed by atoms with van der Waals surface area (Å²) in [7, 11) is 0. The van der Waals surface area contributed by atoms with E-state index in [1.54, 1.807) is 12.1 Å². The van der Waals surface area contributed by atoms with E-state index in [0.717, 1.165) is 40.2 Å². The summed E-state index contributed by atoms with van der Waals surface area (Å²) in [6.07, 6.45) is 11.4. The van der Waals surface area contributed by atoms with Gasteiger partial charge in [0.1, 0.15) is 6.04 Å². The lowest BCUT2D eigenvalue weighted by molar-refractivity contribution is -0.153. The van der Waals surface area contributed by atoms with Gasteiger partial charge in [0.25, 0.3) is 5.91 Å². The molecule has 2 N–H and O–H groups in total. The highest BCUT2D eigenvalue weighted by Crippen LogP contribution is 2.37. The van der Waals surface area contributed by atoms with E-state index < -0.39 is 17.9 Å². The van der Waals surface area contributed by atoms with E-state index >= 15 is 0 Å². The molecular formula is C43H50N4O4. The van der Waals surface area contributed by atoms with Gasteiger partial charge in [-0.15, -0.1) is 0 Å². The number of rotatable bonds is 12. The van der Waals surface area contributed by atoms with Gasteiger partial charge in [-0.1, -0.05) is 94.8 Å². The lowest BCUT2D eigenvalue weighted by Crippen LogP contribution is -2.59. The molecule has 6 rings (SSSR count). The van der Waals surface area contributed by atoms with Gasteiger partial charge in [-0.05, 0) is 83.7 Å². The lowest BCUT2D eigenvalue weighted by atomic mass is 9.78. The van der Waals surface area contributed by atoms with Crippen LogP contribution in [-0.2, 0) is 21.4 Å². The van der Waals surface area contributed by atoms with Crippen LogP contribution < -0.4 is 5.32 Å². The van der Waals surface area contributed by atoms with Crippen LogP contribution in [0.15, 0.2) is 85.2 Å². The van der Waals surface area contributed by atoms with E-state index in [1.165, 1.54) is 42.6 Å². The molecule has 1 aliphatic heterocycles. The lowest BCUT2D eigenvalue weighted by Gasteiger charge is -2.39. The first-order valence-corrected chi connectivity index (χ1v) is 18.5. The predicted octanol–water partition coefficient (Wildman–Crippen LogP) is 8.07. The Hall–Kier alpha value is -4.85. The highest BCUT2D eigenvalue weighted by molar-refractivity contribution is 5.98. The van der Waals surface area contributed by atoms with Crippen LogP contribution in [0.1, 0.15) is 99.2 Å².